The van der Waals surface area contributed by atoms with Crippen LogP contribution in [0.1, 0.15) is 68.5 Å². The molecule has 1 aromatic rings. The lowest BCUT2D eigenvalue weighted by molar-refractivity contribution is 0.0942. The average molecular weight is 310 g/mol. The fourth-order valence-corrected chi connectivity index (χ4v) is 3.06. The molecule has 1 aliphatic carbocycles. The molecule has 5 nitrogen and oxygen atoms in total. The van der Waals surface area contributed by atoms with Gasteiger partial charge in [-0.15, -0.1) is 0 Å². The van der Waals surface area contributed by atoms with E-state index in [1.54, 1.807) is 0 Å². The van der Waals surface area contributed by atoms with Crippen LogP contribution in [0.25, 0.3) is 0 Å². The molecular weight excluding hydrogens is 284 g/mol. The van der Waals surface area contributed by atoms with E-state index in [0.717, 1.165) is 18.0 Å². The van der Waals surface area contributed by atoms with Crippen molar-refractivity contribution < 1.29 is 4.79 Å². The number of nitrogens with two attached hydrogens (primary N) is 1. The van der Waals surface area contributed by atoms with E-state index in [4.69, 9.17) is 5.73 Å². The van der Waals surface area contributed by atoms with Crippen LogP contribution in [0.15, 0.2) is 0 Å². The molecule has 0 spiro atoms. The molecule has 6 heteroatoms. The number of thiazole rings is 1. The van der Waals surface area contributed by atoms with Crippen molar-refractivity contribution in [2.75, 3.05) is 11.1 Å². The lowest BCUT2D eigenvalue weighted by Gasteiger charge is -2.12. The van der Waals surface area contributed by atoms with Gasteiger partial charge in [-0.1, -0.05) is 43.9 Å². The third-order valence-corrected chi connectivity index (χ3v) is 4.63. The molecule has 0 aliphatic heterocycles. The molecule has 21 heavy (non-hydrogen) atoms. The zero-order valence-corrected chi connectivity index (χ0v) is 13.8. The van der Waals surface area contributed by atoms with Gasteiger partial charge in [0.2, 0.25) is 0 Å². The first-order valence-electron chi connectivity index (χ1n) is 7.93. The summed E-state index contributed by atoms with van der Waals surface area (Å²) >= 11 is 1.35. The molecule has 1 amide bonds. The molecule has 0 saturated heterocycles. The number of anilines is 2. The van der Waals surface area contributed by atoms with Crippen molar-refractivity contribution in [2.24, 2.45) is 0 Å². The lowest BCUT2D eigenvalue weighted by Crippen LogP contribution is -2.32. The molecule has 1 saturated carbocycles. The summed E-state index contributed by atoms with van der Waals surface area (Å²) in [6.45, 7) is 4.25. The van der Waals surface area contributed by atoms with Crippen molar-refractivity contribution in [1.82, 2.24) is 10.3 Å². The van der Waals surface area contributed by atoms with Crippen molar-refractivity contribution in [2.45, 2.75) is 70.9 Å². The molecule has 118 valence electrons. The Labute approximate surface area is 130 Å². The number of amides is 1. The smallest absolute Gasteiger partial charge is 0.265 e. The SMILES string of the molecule is CCCCCCC(C)NC(=O)c1sc(NC2CC2)nc1N. The van der Waals surface area contributed by atoms with Crippen molar-refractivity contribution in [3.8, 4) is 0 Å². The molecule has 0 radical (unpaired) electrons. The Hall–Kier alpha value is -1.30. The van der Waals surface area contributed by atoms with E-state index >= 15 is 0 Å². The second-order valence-electron chi connectivity index (χ2n) is 5.88. The summed E-state index contributed by atoms with van der Waals surface area (Å²) in [4.78, 5) is 17.0. The van der Waals surface area contributed by atoms with Gasteiger partial charge >= 0.3 is 0 Å². The fourth-order valence-electron chi connectivity index (χ4n) is 2.20. The van der Waals surface area contributed by atoms with Crippen LogP contribution in [-0.4, -0.2) is 23.0 Å². The highest BCUT2D eigenvalue weighted by Gasteiger charge is 2.24. The summed E-state index contributed by atoms with van der Waals surface area (Å²) in [7, 11) is 0. The number of hydrogen-bond donors (Lipinski definition) is 3. The third kappa shape index (κ3) is 5.19. The van der Waals surface area contributed by atoms with Gasteiger partial charge in [-0.05, 0) is 26.2 Å². The van der Waals surface area contributed by atoms with E-state index in [1.807, 2.05) is 6.92 Å². The van der Waals surface area contributed by atoms with Crippen molar-refractivity contribution in [1.29, 1.82) is 0 Å². The lowest BCUT2D eigenvalue weighted by atomic mass is 10.1. The molecule has 1 heterocycles. The normalized spacial score (nSPS) is 15.7. The number of hydrogen-bond acceptors (Lipinski definition) is 5. The Morgan fingerprint density at radius 2 is 2.19 bits per heavy atom. The maximum atomic E-state index is 12.2. The summed E-state index contributed by atoms with van der Waals surface area (Å²) in [5.41, 5.74) is 5.85. The average Bonchev–Trinajstić information content (AvgIpc) is 3.16. The van der Waals surface area contributed by atoms with Gasteiger partial charge in [0, 0.05) is 12.1 Å². The third-order valence-electron chi connectivity index (χ3n) is 3.63. The van der Waals surface area contributed by atoms with E-state index < -0.39 is 0 Å². The van der Waals surface area contributed by atoms with Gasteiger partial charge in [-0.25, -0.2) is 4.98 Å². The van der Waals surface area contributed by atoms with E-state index in [2.05, 4.69) is 22.5 Å². The Balaban J connectivity index is 1.80. The van der Waals surface area contributed by atoms with Gasteiger partial charge in [-0.2, -0.15) is 0 Å². The zero-order chi connectivity index (χ0) is 15.2. The van der Waals surface area contributed by atoms with E-state index in [9.17, 15) is 4.79 Å². The van der Waals surface area contributed by atoms with Gasteiger partial charge in [0.05, 0.1) is 0 Å². The predicted molar refractivity (Wildman–Crippen MR) is 88.9 cm³/mol. The van der Waals surface area contributed by atoms with Crippen LogP contribution in [0.4, 0.5) is 10.9 Å². The second kappa shape index (κ2) is 7.64. The first-order chi connectivity index (χ1) is 10.1. The first-order valence-corrected chi connectivity index (χ1v) is 8.75. The van der Waals surface area contributed by atoms with E-state index in [0.29, 0.717) is 16.7 Å². The largest absolute Gasteiger partial charge is 0.382 e. The first kappa shape index (κ1) is 16.1. The molecule has 1 unspecified atom stereocenters. The van der Waals surface area contributed by atoms with Crippen LogP contribution >= 0.6 is 11.3 Å². The molecule has 0 aromatic carbocycles. The van der Waals surface area contributed by atoms with Crippen LogP contribution in [0.3, 0.4) is 0 Å². The van der Waals surface area contributed by atoms with Crippen molar-refractivity contribution in [3.05, 3.63) is 4.88 Å². The molecule has 1 aromatic heterocycles. The number of nitrogen functional groups attached to an aromatic ring is 1. The number of rotatable bonds is 9. The van der Waals surface area contributed by atoms with Crippen LogP contribution in [0.2, 0.25) is 0 Å². The minimum atomic E-state index is -0.100. The summed E-state index contributed by atoms with van der Waals surface area (Å²) in [6, 6.07) is 0.694. The monoisotopic (exact) mass is 310 g/mol. The Bertz CT molecular complexity index is 470. The second-order valence-corrected chi connectivity index (χ2v) is 6.87. The van der Waals surface area contributed by atoms with Gasteiger partial charge in [0.25, 0.3) is 5.91 Å². The van der Waals surface area contributed by atoms with Crippen molar-refractivity contribution in [3.63, 3.8) is 0 Å². The number of carbonyl (C=O) groups is 1. The molecule has 4 N–H and O–H groups in total. The summed E-state index contributed by atoms with van der Waals surface area (Å²) < 4.78 is 0. The fraction of sp³-hybridized carbons (Fsp3) is 0.733. The maximum absolute atomic E-state index is 12.2. The zero-order valence-electron chi connectivity index (χ0n) is 12.9. The van der Waals surface area contributed by atoms with Crippen LogP contribution < -0.4 is 16.4 Å². The highest BCUT2D eigenvalue weighted by atomic mass is 32.1. The molecule has 2 rings (SSSR count). The van der Waals surface area contributed by atoms with Crippen molar-refractivity contribution >= 4 is 28.2 Å². The molecule has 1 fully saturated rings. The summed E-state index contributed by atoms with van der Waals surface area (Å²) in [5, 5.41) is 7.06. The molecule has 1 atom stereocenters. The molecule has 0 bridgehead atoms. The molecular formula is C15H26N4OS. The van der Waals surface area contributed by atoms with Crippen LogP contribution in [-0.2, 0) is 0 Å². The van der Waals surface area contributed by atoms with Gasteiger partial charge < -0.3 is 16.4 Å². The minimum Gasteiger partial charge on any atom is -0.382 e. The quantitative estimate of drug-likeness (QED) is 0.611. The summed E-state index contributed by atoms with van der Waals surface area (Å²) in [5.74, 6) is 0.232. The number of nitrogens with one attached hydrogen (secondary N) is 2. The highest BCUT2D eigenvalue weighted by Crippen LogP contribution is 2.30. The highest BCUT2D eigenvalue weighted by molar-refractivity contribution is 7.18. The minimum absolute atomic E-state index is 0.100. The number of nitrogens with zero attached hydrogens (tertiary/aromatic N) is 1. The number of carbonyl (C=O) groups excluding carboxylic acids is 1. The Kier molecular flexibility index (Phi) is 5.85. The number of unbranched alkanes of at least 4 members (excludes halogenated alkanes) is 3. The summed E-state index contributed by atoms with van der Waals surface area (Å²) in [6.07, 6.45) is 8.24. The standard InChI is InChI=1S/C15H26N4OS/c1-3-4-5-6-7-10(2)17-14(20)12-13(16)19-15(21-12)18-11-8-9-11/h10-11H,3-9,16H2,1-2H3,(H,17,20)(H,18,19). The van der Waals surface area contributed by atoms with E-state index in [1.165, 1.54) is 43.4 Å². The Morgan fingerprint density at radius 1 is 1.43 bits per heavy atom. The Morgan fingerprint density at radius 3 is 2.86 bits per heavy atom. The number of aromatic nitrogens is 1. The van der Waals surface area contributed by atoms with E-state index in [-0.39, 0.29) is 11.9 Å². The van der Waals surface area contributed by atoms with Gasteiger partial charge in [0.1, 0.15) is 10.7 Å². The van der Waals surface area contributed by atoms with Gasteiger partial charge in [-0.3, -0.25) is 4.79 Å². The molecule has 1 aliphatic rings. The van der Waals surface area contributed by atoms with Crippen LogP contribution in [0.5, 0.6) is 0 Å². The van der Waals surface area contributed by atoms with Crippen LogP contribution in [0, 0.1) is 0 Å². The topological polar surface area (TPSA) is 80.0 Å². The maximum Gasteiger partial charge on any atom is 0.265 e. The van der Waals surface area contributed by atoms with Gasteiger partial charge in [0.15, 0.2) is 5.13 Å². The predicted octanol–water partition coefficient (Wildman–Crippen LogP) is 3.39.